The van der Waals surface area contributed by atoms with Gasteiger partial charge >= 0.3 is 5.97 Å². The highest BCUT2D eigenvalue weighted by Gasteiger charge is 2.17. The molecule has 108 valence electrons. The summed E-state index contributed by atoms with van der Waals surface area (Å²) >= 11 is 1.24. The van der Waals surface area contributed by atoms with Crippen molar-refractivity contribution >= 4 is 32.5 Å². The van der Waals surface area contributed by atoms with E-state index in [2.05, 4.69) is 14.4 Å². The fourth-order valence-electron chi connectivity index (χ4n) is 1.22. The average molecular weight is 306 g/mol. The van der Waals surface area contributed by atoms with E-state index in [9.17, 15) is 13.2 Å². The van der Waals surface area contributed by atoms with Crippen LogP contribution in [0.15, 0.2) is 5.38 Å². The number of hydrogen-bond acceptors (Lipinski definition) is 6. The Bertz CT molecular complexity index is 523. The average Bonchev–Trinajstić information content (AvgIpc) is 2.75. The Kier molecular flexibility index (Phi) is 5.74. The number of aryl methyl sites for hydroxylation is 1. The van der Waals surface area contributed by atoms with Gasteiger partial charge in [0.1, 0.15) is 0 Å². The number of anilines is 1. The van der Waals surface area contributed by atoms with Crippen LogP contribution in [0.1, 0.15) is 32.4 Å². The van der Waals surface area contributed by atoms with Crippen LogP contribution in [-0.2, 0) is 26.0 Å². The van der Waals surface area contributed by atoms with Crippen molar-refractivity contribution < 1.29 is 17.9 Å². The lowest BCUT2D eigenvalue weighted by Gasteiger charge is -2.07. The Labute approximate surface area is 117 Å². The molecule has 0 saturated heterocycles. The zero-order valence-corrected chi connectivity index (χ0v) is 12.8. The first kappa shape index (κ1) is 15.9. The lowest BCUT2D eigenvalue weighted by molar-refractivity contribution is -0.140. The Hall–Kier alpha value is -1.15. The predicted octanol–water partition coefficient (Wildman–Crippen LogP) is 1.79. The number of rotatable bonds is 7. The lowest BCUT2D eigenvalue weighted by Crippen LogP contribution is -2.22. The topological polar surface area (TPSA) is 85.4 Å². The van der Waals surface area contributed by atoms with Gasteiger partial charge in [0.15, 0.2) is 5.13 Å². The molecule has 0 fully saturated rings. The number of carbonyl (C=O) groups is 1. The van der Waals surface area contributed by atoms with Crippen LogP contribution in [-0.4, -0.2) is 31.7 Å². The maximum atomic E-state index is 11.6. The molecule has 0 aliphatic carbocycles. The first-order chi connectivity index (χ1) is 8.85. The van der Waals surface area contributed by atoms with E-state index in [0.717, 1.165) is 5.69 Å². The number of nitrogens with one attached hydrogen (secondary N) is 1. The number of sulfonamides is 1. The number of aromatic nitrogens is 1. The second-order valence-corrected chi connectivity index (χ2v) is 7.36. The molecule has 0 atom stereocenters. The fourth-order valence-corrected chi connectivity index (χ4v) is 2.88. The summed E-state index contributed by atoms with van der Waals surface area (Å²) in [7, 11) is -2.00. The fraction of sp³-hybridized carbons (Fsp3) is 0.636. The van der Waals surface area contributed by atoms with Gasteiger partial charge in [-0.3, -0.25) is 9.52 Å². The number of methoxy groups -OCH3 is 1. The predicted molar refractivity (Wildman–Crippen MR) is 74.7 cm³/mol. The van der Waals surface area contributed by atoms with Crippen molar-refractivity contribution in [2.24, 2.45) is 0 Å². The van der Waals surface area contributed by atoms with E-state index in [0.29, 0.717) is 24.4 Å². The molecule has 1 aromatic rings. The summed E-state index contributed by atoms with van der Waals surface area (Å²) in [6, 6.07) is 0. The maximum Gasteiger partial charge on any atom is 0.305 e. The number of carbonyl (C=O) groups excluding carboxylic acids is 1. The second-order valence-electron chi connectivity index (χ2n) is 4.27. The van der Waals surface area contributed by atoms with Crippen molar-refractivity contribution in [1.29, 1.82) is 0 Å². The monoisotopic (exact) mass is 306 g/mol. The molecular weight excluding hydrogens is 288 g/mol. The molecule has 0 radical (unpaired) electrons. The first-order valence-electron chi connectivity index (χ1n) is 5.88. The van der Waals surface area contributed by atoms with Gasteiger partial charge in [0, 0.05) is 11.8 Å². The van der Waals surface area contributed by atoms with Gasteiger partial charge in [0.2, 0.25) is 10.0 Å². The standard InChI is InChI=1S/C11H18N2O4S2/c1-8(2)19(15,16)13-11-12-9(7-18-11)5-4-6-10(14)17-3/h7-8H,4-6H2,1-3H3,(H,12,13). The summed E-state index contributed by atoms with van der Waals surface area (Å²) in [5, 5.41) is 1.65. The summed E-state index contributed by atoms with van der Waals surface area (Å²) in [6.07, 6.45) is 1.59. The van der Waals surface area contributed by atoms with E-state index < -0.39 is 15.3 Å². The quantitative estimate of drug-likeness (QED) is 0.776. The summed E-state index contributed by atoms with van der Waals surface area (Å²) in [5.74, 6) is -0.254. The van der Waals surface area contributed by atoms with Gasteiger partial charge in [0.25, 0.3) is 0 Å². The molecule has 1 rings (SSSR count). The molecule has 0 saturated carbocycles. The molecule has 0 bridgehead atoms. The molecule has 1 heterocycles. The molecule has 1 N–H and O–H groups in total. The van der Waals surface area contributed by atoms with Crippen LogP contribution in [0.3, 0.4) is 0 Å². The highest BCUT2D eigenvalue weighted by molar-refractivity contribution is 7.93. The molecule has 1 aromatic heterocycles. The molecule has 19 heavy (non-hydrogen) atoms. The Balaban J connectivity index is 2.51. The van der Waals surface area contributed by atoms with E-state index in [4.69, 9.17) is 0 Å². The second kappa shape index (κ2) is 6.85. The number of hydrogen-bond donors (Lipinski definition) is 1. The molecule has 0 aliphatic heterocycles. The van der Waals surface area contributed by atoms with Crippen LogP contribution in [0.2, 0.25) is 0 Å². The highest BCUT2D eigenvalue weighted by atomic mass is 32.2. The van der Waals surface area contributed by atoms with Crippen LogP contribution in [0.5, 0.6) is 0 Å². The molecular formula is C11H18N2O4S2. The highest BCUT2D eigenvalue weighted by Crippen LogP contribution is 2.19. The molecule has 0 amide bonds. The molecule has 8 heteroatoms. The number of nitrogens with zero attached hydrogens (tertiary/aromatic N) is 1. The Morgan fingerprint density at radius 2 is 2.21 bits per heavy atom. The lowest BCUT2D eigenvalue weighted by atomic mass is 10.2. The summed E-state index contributed by atoms with van der Waals surface area (Å²) < 4.78 is 30.3. The smallest absolute Gasteiger partial charge is 0.305 e. The Morgan fingerprint density at radius 3 is 2.79 bits per heavy atom. The van der Waals surface area contributed by atoms with Gasteiger partial charge in [-0.2, -0.15) is 0 Å². The van der Waals surface area contributed by atoms with Gasteiger partial charge in [-0.1, -0.05) is 0 Å². The van der Waals surface area contributed by atoms with E-state index in [1.54, 1.807) is 19.2 Å². The normalized spacial score (nSPS) is 11.6. The zero-order valence-electron chi connectivity index (χ0n) is 11.2. The number of thiazole rings is 1. The van der Waals surface area contributed by atoms with Crippen molar-refractivity contribution in [3.05, 3.63) is 11.1 Å². The molecule has 0 aromatic carbocycles. The Morgan fingerprint density at radius 1 is 1.53 bits per heavy atom. The van der Waals surface area contributed by atoms with Gasteiger partial charge in [-0.15, -0.1) is 11.3 Å². The van der Waals surface area contributed by atoms with E-state index in [1.807, 2.05) is 0 Å². The minimum Gasteiger partial charge on any atom is -0.469 e. The summed E-state index contributed by atoms with van der Waals surface area (Å²) in [5.41, 5.74) is 0.773. The van der Waals surface area contributed by atoms with E-state index in [-0.39, 0.29) is 5.97 Å². The van der Waals surface area contributed by atoms with Crippen LogP contribution >= 0.6 is 11.3 Å². The maximum absolute atomic E-state index is 11.6. The van der Waals surface area contributed by atoms with Gasteiger partial charge < -0.3 is 4.74 Å². The van der Waals surface area contributed by atoms with Crippen molar-refractivity contribution in [2.45, 2.75) is 38.4 Å². The minimum atomic E-state index is -3.35. The van der Waals surface area contributed by atoms with Crippen LogP contribution in [0, 0.1) is 0 Å². The van der Waals surface area contributed by atoms with Crippen molar-refractivity contribution in [3.8, 4) is 0 Å². The van der Waals surface area contributed by atoms with Crippen LogP contribution < -0.4 is 4.72 Å². The summed E-state index contributed by atoms with van der Waals surface area (Å²) in [4.78, 5) is 15.1. The van der Waals surface area contributed by atoms with E-state index >= 15 is 0 Å². The van der Waals surface area contributed by atoms with E-state index in [1.165, 1.54) is 18.4 Å². The van der Waals surface area contributed by atoms with Gasteiger partial charge in [-0.25, -0.2) is 13.4 Å². The molecule has 0 aliphatic rings. The third-order valence-electron chi connectivity index (χ3n) is 2.44. The third-order valence-corrected chi connectivity index (χ3v) is 5.10. The molecule has 0 unspecified atom stereocenters. The summed E-state index contributed by atoms with van der Waals surface area (Å²) in [6.45, 7) is 3.21. The largest absolute Gasteiger partial charge is 0.469 e. The van der Waals surface area contributed by atoms with Gasteiger partial charge in [-0.05, 0) is 26.7 Å². The molecule has 0 spiro atoms. The SMILES string of the molecule is COC(=O)CCCc1csc(NS(=O)(=O)C(C)C)n1. The van der Waals surface area contributed by atoms with Crippen LogP contribution in [0.4, 0.5) is 5.13 Å². The number of esters is 1. The van der Waals surface area contributed by atoms with Crippen molar-refractivity contribution in [3.63, 3.8) is 0 Å². The third kappa shape index (κ3) is 5.15. The minimum absolute atomic E-state index is 0.254. The molecule has 6 nitrogen and oxygen atoms in total. The van der Waals surface area contributed by atoms with Gasteiger partial charge in [0.05, 0.1) is 18.1 Å². The van der Waals surface area contributed by atoms with Crippen LogP contribution in [0.25, 0.3) is 0 Å². The van der Waals surface area contributed by atoms with Crippen molar-refractivity contribution in [1.82, 2.24) is 4.98 Å². The zero-order chi connectivity index (χ0) is 14.5. The van der Waals surface area contributed by atoms with Crippen molar-refractivity contribution in [2.75, 3.05) is 11.8 Å². The number of ether oxygens (including phenoxy) is 1. The first-order valence-corrected chi connectivity index (χ1v) is 8.30.